The number of carbonyl (C=O) groups is 1. The standard InChI is InChI=1S/C28H24N4O4/c1-20-8-10-24(11-9-20)36-25-14-12-23(13-15-25)35-19-27(33)29-22-6-4-5-21(17-22)18-32-28(34)31-16-3-2-7-26(31)30-32/h2-17H,18-19H2,1H3,(H,29,33). The van der Waals surface area contributed by atoms with Crippen molar-refractivity contribution in [2.24, 2.45) is 0 Å². The molecule has 2 aromatic heterocycles. The second-order valence-corrected chi connectivity index (χ2v) is 8.29. The number of carbonyl (C=O) groups excluding carboxylic acids is 1. The first-order chi connectivity index (χ1) is 17.5. The minimum Gasteiger partial charge on any atom is -0.484 e. The highest BCUT2D eigenvalue weighted by Gasteiger charge is 2.09. The van der Waals surface area contributed by atoms with E-state index >= 15 is 0 Å². The van der Waals surface area contributed by atoms with Gasteiger partial charge in [-0.15, -0.1) is 5.10 Å². The van der Waals surface area contributed by atoms with Crippen molar-refractivity contribution >= 4 is 17.2 Å². The molecular weight excluding hydrogens is 456 g/mol. The van der Waals surface area contributed by atoms with E-state index in [1.807, 2.05) is 55.5 Å². The van der Waals surface area contributed by atoms with Crippen molar-refractivity contribution in [3.8, 4) is 17.2 Å². The average molecular weight is 481 g/mol. The fourth-order valence-electron chi connectivity index (χ4n) is 3.68. The van der Waals surface area contributed by atoms with Gasteiger partial charge in [0.05, 0.1) is 6.54 Å². The van der Waals surface area contributed by atoms with E-state index in [4.69, 9.17) is 9.47 Å². The van der Waals surface area contributed by atoms with Crippen LogP contribution in [0.1, 0.15) is 11.1 Å². The molecule has 180 valence electrons. The summed E-state index contributed by atoms with van der Waals surface area (Å²) >= 11 is 0. The summed E-state index contributed by atoms with van der Waals surface area (Å²) in [6, 6.07) is 27.6. The number of anilines is 1. The molecule has 0 unspecified atom stereocenters. The topological polar surface area (TPSA) is 86.9 Å². The molecule has 1 amide bonds. The number of benzene rings is 3. The number of aryl methyl sites for hydroxylation is 1. The van der Waals surface area contributed by atoms with Crippen molar-refractivity contribution in [2.45, 2.75) is 13.5 Å². The van der Waals surface area contributed by atoms with Gasteiger partial charge >= 0.3 is 5.69 Å². The van der Waals surface area contributed by atoms with Crippen LogP contribution in [0.15, 0.2) is 102 Å². The number of hydrogen-bond acceptors (Lipinski definition) is 5. The Kier molecular flexibility index (Phi) is 6.48. The molecule has 0 spiro atoms. The van der Waals surface area contributed by atoms with E-state index in [2.05, 4.69) is 10.4 Å². The number of nitrogens with zero attached hydrogens (tertiary/aromatic N) is 3. The van der Waals surface area contributed by atoms with Crippen LogP contribution in [0, 0.1) is 6.92 Å². The van der Waals surface area contributed by atoms with Crippen molar-refractivity contribution < 1.29 is 14.3 Å². The second kappa shape index (κ2) is 10.2. The van der Waals surface area contributed by atoms with Crippen molar-refractivity contribution in [1.82, 2.24) is 14.2 Å². The predicted molar refractivity (Wildman–Crippen MR) is 137 cm³/mol. The zero-order chi connectivity index (χ0) is 24.9. The number of amides is 1. The van der Waals surface area contributed by atoms with Crippen molar-refractivity contribution in [3.05, 3.63) is 119 Å². The molecule has 0 aliphatic carbocycles. The number of nitrogens with one attached hydrogen (secondary N) is 1. The molecule has 0 saturated heterocycles. The zero-order valence-corrected chi connectivity index (χ0v) is 19.6. The van der Waals surface area contributed by atoms with E-state index in [1.165, 1.54) is 14.6 Å². The van der Waals surface area contributed by atoms with E-state index in [0.29, 0.717) is 22.8 Å². The number of hydrogen-bond donors (Lipinski definition) is 1. The molecular formula is C28H24N4O4. The van der Waals surface area contributed by atoms with Crippen LogP contribution in [0.25, 0.3) is 5.65 Å². The molecule has 2 heterocycles. The molecule has 0 fully saturated rings. The summed E-state index contributed by atoms with van der Waals surface area (Å²) in [6.07, 6.45) is 1.68. The molecule has 0 bridgehead atoms. The second-order valence-electron chi connectivity index (χ2n) is 8.29. The number of rotatable bonds is 8. The lowest BCUT2D eigenvalue weighted by atomic mass is 10.2. The monoisotopic (exact) mass is 480 g/mol. The maximum absolute atomic E-state index is 12.5. The summed E-state index contributed by atoms with van der Waals surface area (Å²) in [5.74, 6) is 1.69. The highest BCUT2D eigenvalue weighted by molar-refractivity contribution is 5.91. The van der Waals surface area contributed by atoms with Gasteiger partial charge in [0, 0.05) is 11.9 Å². The normalized spacial score (nSPS) is 10.8. The van der Waals surface area contributed by atoms with Crippen molar-refractivity contribution in [3.63, 3.8) is 0 Å². The summed E-state index contributed by atoms with van der Waals surface area (Å²) in [4.78, 5) is 24.9. The van der Waals surface area contributed by atoms with Crippen LogP contribution < -0.4 is 20.5 Å². The minimum atomic E-state index is -0.294. The SMILES string of the molecule is Cc1ccc(Oc2ccc(OCC(=O)Nc3cccc(Cn4nc5ccccn5c4=O)c3)cc2)cc1. The van der Waals surface area contributed by atoms with Crippen LogP contribution in [-0.4, -0.2) is 26.7 Å². The van der Waals surface area contributed by atoms with Crippen LogP contribution in [0.2, 0.25) is 0 Å². The first-order valence-corrected chi connectivity index (χ1v) is 11.4. The van der Waals surface area contributed by atoms with E-state index in [9.17, 15) is 9.59 Å². The van der Waals surface area contributed by atoms with E-state index in [-0.39, 0.29) is 24.7 Å². The smallest absolute Gasteiger partial charge is 0.350 e. The summed E-state index contributed by atoms with van der Waals surface area (Å²) in [5.41, 5.74) is 2.98. The number of pyridine rings is 1. The molecule has 0 aliphatic heterocycles. The van der Waals surface area contributed by atoms with Gasteiger partial charge in [-0.25, -0.2) is 9.48 Å². The van der Waals surface area contributed by atoms with Crippen LogP contribution in [-0.2, 0) is 11.3 Å². The summed E-state index contributed by atoms with van der Waals surface area (Å²) in [5, 5.41) is 7.17. The van der Waals surface area contributed by atoms with Gasteiger partial charge in [0.25, 0.3) is 5.91 Å². The molecule has 0 aliphatic rings. The van der Waals surface area contributed by atoms with Crippen LogP contribution in [0.5, 0.6) is 17.2 Å². The summed E-state index contributed by atoms with van der Waals surface area (Å²) in [6.45, 7) is 2.17. The Bertz CT molecular complexity index is 1550. The first kappa shape index (κ1) is 22.9. The average Bonchev–Trinajstić information content (AvgIpc) is 3.20. The number of aromatic nitrogens is 3. The van der Waals surface area contributed by atoms with Gasteiger partial charge in [-0.2, -0.15) is 0 Å². The van der Waals surface area contributed by atoms with Gasteiger partial charge in [0.15, 0.2) is 12.3 Å². The quantitative estimate of drug-likeness (QED) is 0.349. The third kappa shape index (κ3) is 5.44. The van der Waals surface area contributed by atoms with Crippen LogP contribution >= 0.6 is 0 Å². The van der Waals surface area contributed by atoms with Gasteiger partial charge in [0.2, 0.25) is 0 Å². The van der Waals surface area contributed by atoms with E-state index < -0.39 is 0 Å². The van der Waals surface area contributed by atoms with Crippen molar-refractivity contribution in [1.29, 1.82) is 0 Å². The lowest BCUT2D eigenvalue weighted by Gasteiger charge is -2.10. The molecule has 1 N–H and O–H groups in total. The van der Waals surface area contributed by atoms with E-state index in [0.717, 1.165) is 11.3 Å². The fourth-order valence-corrected chi connectivity index (χ4v) is 3.68. The van der Waals surface area contributed by atoms with Crippen molar-refractivity contribution in [2.75, 3.05) is 11.9 Å². The Hall–Kier alpha value is -4.85. The molecule has 5 aromatic rings. The number of ether oxygens (including phenoxy) is 2. The third-order valence-corrected chi connectivity index (χ3v) is 5.48. The molecule has 0 atom stereocenters. The van der Waals surface area contributed by atoms with Gasteiger partial charge in [-0.3, -0.25) is 9.20 Å². The lowest BCUT2D eigenvalue weighted by molar-refractivity contribution is -0.118. The van der Waals surface area contributed by atoms with Gasteiger partial charge in [-0.05, 0) is 73.2 Å². The highest BCUT2D eigenvalue weighted by atomic mass is 16.5. The first-order valence-electron chi connectivity index (χ1n) is 11.4. The zero-order valence-electron chi connectivity index (χ0n) is 19.6. The molecule has 36 heavy (non-hydrogen) atoms. The van der Waals surface area contributed by atoms with Gasteiger partial charge in [0.1, 0.15) is 17.2 Å². The number of fused-ring (bicyclic) bond motifs is 1. The Morgan fingerprint density at radius 3 is 2.36 bits per heavy atom. The predicted octanol–water partition coefficient (Wildman–Crippen LogP) is 4.66. The van der Waals surface area contributed by atoms with Crippen LogP contribution in [0.3, 0.4) is 0 Å². The molecule has 3 aromatic carbocycles. The Labute approximate surface area is 207 Å². The molecule has 8 nitrogen and oxygen atoms in total. The molecule has 8 heteroatoms. The minimum absolute atomic E-state index is 0.145. The van der Waals surface area contributed by atoms with Gasteiger partial charge in [-0.1, -0.05) is 35.9 Å². The fraction of sp³-hybridized carbons (Fsp3) is 0.107. The Morgan fingerprint density at radius 1 is 0.889 bits per heavy atom. The van der Waals surface area contributed by atoms with Crippen LogP contribution in [0.4, 0.5) is 5.69 Å². The third-order valence-electron chi connectivity index (χ3n) is 5.48. The molecule has 5 rings (SSSR count). The highest BCUT2D eigenvalue weighted by Crippen LogP contribution is 2.24. The maximum atomic E-state index is 12.5. The summed E-state index contributed by atoms with van der Waals surface area (Å²) < 4.78 is 14.3. The molecule has 0 radical (unpaired) electrons. The lowest BCUT2D eigenvalue weighted by Crippen LogP contribution is -2.22. The molecule has 0 saturated carbocycles. The Morgan fingerprint density at radius 2 is 1.61 bits per heavy atom. The Balaban J connectivity index is 1.15. The maximum Gasteiger partial charge on any atom is 0.350 e. The van der Waals surface area contributed by atoms with E-state index in [1.54, 1.807) is 48.7 Å². The largest absolute Gasteiger partial charge is 0.484 e. The summed E-state index contributed by atoms with van der Waals surface area (Å²) in [7, 11) is 0. The van der Waals surface area contributed by atoms with Gasteiger partial charge < -0.3 is 14.8 Å².